The molecule has 0 radical (unpaired) electrons. The summed E-state index contributed by atoms with van der Waals surface area (Å²) in [6.07, 6.45) is 6.07. The van der Waals surface area contributed by atoms with Crippen LogP contribution in [-0.4, -0.2) is 5.71 Å². The molecule has 0 spiro atoms. The molecule has 3 N–H and O–H groups in total. The highest BCUT2D eigenvalue weighted by molar-refractivity contribution is 5.89. The Morgan fingerprint density at radius 1 is 1.27 bits per heavy atom. The monoisotopic (exact) mass is 210 g/mol. The lowest BCUT2D eigenvalue weighted by Crippen LogP contribution is -2.15. The van der Waals surface area contributed by atoms with Crippen molar-refractivity contribution in [3.8, 4) is 0 Å². The van der Waals surface area contributed by atoms with Crippen molar-refractivity contribution >= 4 is 5.71 Å². The Kier molecular flexibility index (Phi) is 5.99. The fourth-order valence-corrected chi connectivity index (χ4v) is 1.68. The molecule has 0 aliphatic carbocycles. The lowest BCUT2D eigenvalue weighted by Gasteiger charge is -2.22. The Hall–Kier alpha value is -1.05. The fraction of sp³-hybridized carbons (Fsp3) is 0.615. The molecule has 0 amide bonds. The largest absolute Gasteiger partial charge is 0.403 e. The summed E-state index contributed by atoms with van der Waals surface area (Å²) < 4.78 is 0. The van der Waals surface area contributed by atoms with Gasteiger partial charge in [0.2, 0.25) is 0 Å². The van der Waals surface area contributed by atoms with Gasteiger partial charge in [-0.2, -0.15) is 0 Å². The third-order valence-electron chi connectivity index (χ3n) is 2.48. The molecular formula is C13H26N2. The molecule has 0 bridgehead atoms. The molecule has 88 valence electrons. The van der Waals surface area contributed by atoms with E-state index < -0.39 is 0 Å². The maximum Gasteiger partial charge on any atom is 0.0279 e. The van der Waals surface area contributed by atoms with Crippen LogP contribution in [0.25, 0.3) is 0 Å². The lowest BCUT2D eigenvalue weighted by molar-refractivity contribution is 0.382. The first-order valence-electron chi connectivity index (χ1n) is 5.51. The molecule has 0 aromatic heterocycles. The average Bonchev–Trinajstić information content (AvgIpc) is 2.09. The molecule has 2 nitrogen and oxygen atoms in total. The van der Waals surface area contributed by atoms with Gasteiger partial charge in [0.1, 0.15) is 0 Å². The van der Waals surface area contributed by atoms with Gasteiger partial charge in [-0.1, -0.05) is 32.9 Å². The molecule has 0 aromatic carbocycles. The first-order valence-corrected chi connectivity index (χ1v) is 5.51. The maximum atomic E-state index is 7.35. The van der Waals surface area contributed by atoms with E-state index >= 15 is 0 Å². The third kappa shape index (κ3) is 6.10. The topological polar surface area (TPSA) is 49.9 Å². The van der Waals surface area contributed by atoms with Gasteiger partial charge in [0.25, 0.3) is 0 Å². The Morgan fingerprint density at radius 2 is 1.80 bits per heavy atom. The van der Waals surface area contributed by atoms with Crippen LogP contribution in [0.4, 0.5) is 0 Å². The summed E-state index contributed by atoms with van der Waals surface area (Å²) in [4.78, 5) is 0. The second-order valence-corrected chi connectivity index (χ2v) is 4.63. The van der Waals surface area contributed by atoms with Crippen molar-refractivity contribution < 1.29 is 1.43 Å². The van der Waals surface area contributed by atoms with Gasteiger partial charge >= 0.3 is 0 Å². The number of rotatable bonds is 5. The fourth-order valence-electron chi connectivity index (χ4n) is 1.68. The van der Waals surface area contributed by atoms with E-state index in [0.29, 0.717) is 23.5 Å². The highest BCUT2D eigenvalue weighted by Crippen LogP contribution is 2.24. The quantitative estimate of drug-likeness (QED) is 0.669. The minimum Gasteiger partial charge on any atom is -0.403 e. The molecule has 0 aliphatic heterocycles. The Bertz CT molecular complexity index is 263. The second kappa shape index (κ2) is 6.44. The van der Waals surface area contributed by atoms with Crippen LogP contribution in [0, 0.1) is 23.2 Å². The molecular weight excluding hydrogens is 184 g/mol. The minimum atomic E-state index is 0. The van der Waals surface area contributed by atoms with E-state index in [1.807, 2.05) is 13.0 Å². The number of hydrogen-bond donors (Lipinski definition) is 2. The van der Waals surface area contributed by atoms with Gasteiger partial charge in [0.15, 0.2) is 0 Å². The molecule has 0 saturated carbocycles. The van der Waals surface area contributed by atoms with Crippen LogP contribution in [0.5, 0.6) is 0 Å². The van der Waals surface area contributed by atoms with Crippen molar-refractivity contribution in [1.82, 2.24) is 0 Å². The smallest absolute Gasteiger partial charge is 0.0279 e. The highest BCUT2D eigenvalue weighted by atomic mass is 14.5. The molecule has 0 heterocycles. The van der Waals surface area contributed by atoms with E-state index in [1.54, 1.807) is 6.92 Å². The Morgan fingerprint density at radius 3 is 2.13 bits per heavy atom. The zero-order chi connectivity index (χ0) is 12.0. The first-order chi connectivity index (χ1) is 6.84. The van der Waals surface area contributed by atoms with Crippen LogP contribution < -0.4 is 5.73 Å². The molecule has 2 atom stereocenters. The summed E-state index contributed by atoms with van der Waals surface area (Å²) in [5, 5.41) is 7.35. The second-order valence-electron chi connectivity index (χ2n) is 4.63. The van der Waals surface area contributed by atoms with Crippen molar-refractivity contribution in [3.63, 3.8) is 0 Å². The van der Waals surface area contributed by atoms with Crippen molar-refractivity contribution in [3.05, 3.63) is 23.9 Å². The molecule has 0 aromatic rings. The molecule has 15 heavy (non-hydrogen) atoms. The minimum absolute atomic E-state index is 0. The Balaban J connectivity index is 0. The van der Waals surface area contributed by atoms with Gasteiger partial charge in [-0.15, -0.1) is 0 Å². The number of nitrogens with one attached hydrogen (secondary N) is 1. The Labute approximate surface area is 95.2 Å². The van der Waals surface area contributed by atoms with Crippen LogP contribution in [0.15, 0.2) is 23.9 Å². The van der Waals surface area contributed by atoms with E-state index in [-0.39, 0.29) is 1.43 Å². The van der Waals surface area contributed by atoms with E-state index in [1.165, 1.54) is 0 Å². The number of hydrogen-bond acceptors (Lipinski definition) is 2. The van der Waals surface area contributed by atoms with Gasteiger partial charge in [-0.25, -0.2) is 0 Å². The normalized spacial score (nSPS) is 17.1. The van der Waals surface area contributed by atoms with Gasteiger partial charge in [-0.05, 0) is 37.7 Å². The zero-order valence-corrected chi connectivity index (χ0v) is 10.5. The van der Waals surface area contributed by atoms with Crippen LogP contribution in [0.1, 0.15) is 36.0 Å². The predicted octanol–water partition coefficient (Wildman–Crippen LogP) is 3.60. The van der Waals surface area contributed by atoms with Gasteiger partial charge in [0.05, 0.1) is 0 Å². The van der Waals surface area contributed by atoms with Crippen molar-refractivity contribution in [2.45, 2.75) is 34.6 Å². The number of nitrogens with two attached hydrogens (primary N) is 1. The van der Waals surface area contributed by atoms with Crippen LogP contribution in [0.3, 0.4) is 0 Å². The molecule has 0 rings (SSSR count). The maximum absolute atomic E-state index is 7.35. The van der Waals surface area contributed by atoms with Crippen LogP contribution >= 0.6 is 0 Å². The molecule has 2 unspecified atom stereocenters. The van der Waals surface area contributed by atoms with Gasteiger partial charge in [-0.3, -0.25) is 0 Å². The summed E-state index contributed by atoms with van der Waals surface area (Å²) in [5.74, 6) is 1.43. The summed E-state index contributed by atoms with van der Waals surface area (Å²) >= 11 is 0. The summed E-state index contributed by atoms with van der Waals surface area (Å²) in [6.45, 7) is 10.3. The van der Waals surface area contributed by atoms with E-state index in [9.17, 15) is 0 Å². The predicted molar refractivity (Wildman–Crippen MR) is 70.1 cm³/mol. The van der Waals surface area contributed by atoms with Crippen LogP contribution in [0.2, 0.25) is 0 Å². The standard InChI is InChI=1S/C13H24N2.H2/c1-9(2)13(8-12(5)15)10(3)6-7-11(4)14;/h6-10,13-14H,15H2,1-5H3;1H/b7-6+,12-8+,14-11?;. The lowest BCUT2D eigenvalue weighted by atomic mass is 9.83. The molecule has 2 heteroatoms. The first kappa shape index (κ1) is 13.9. The van der Waals surface area contributed by atoms with Crippen molar-refractivity contribution in [2.75, 3.05) is 0 Å². The summed E-state index contributed by atoms with van der Waals surface area (Å²) in [7, 11) is 0. The van der Waals surface area contributed by atoms with Gasteiger partial charge in [0, 0.05) is 12.8 Å². The summed E-state index contributed by atoms with van der Waals surface area (Å²) in [6, 6.07) is 0. The van der Waals surface area contributed by atoms with Crippen LogP contribution in [-0.2, 0) is 0 Å². The zero-order valence-electron chi connectivity index (χ0n) is 10.5. The molecule has 0 fully saturated rings. The molecule has 0 saturated heterocycles. The third-order valence-corrected chi connectivity index (χ3v) is 2.48. The van der Waals surface area contributed by atoms with Crippen molar-refractivity contribution in [2.24, 2.45) is 23.5 Å². The SMILES string of the molecule is CC(=N)/C=C/C(C)C(/C=C(\C)N)C(C)C.[HH]. The number of allylic oxidation sites excluding steroid dienone is 4. The highest BCUT2D eigenvalue weighted by Gasteiger charge is 2.16. The van der Waals surface area contributed by atoms with E-state index in [2.05, 4.69) is 32.9 Å². The molecule has 0 aliphatic rings. The van der Waals surface area contributed by atoms with E-state index in [4.69, 9.17) is 11.1 Å². The summed E-state index contributed by atoms with van der Waals surface area (Å²) in [5.41, 5.74) is 7.19. The van der Waals surface area contributed by atoms with Gasteiger partial charge < -0.3 is 11.1 Å². The average molecular weight is 210 g/mol. The van der Waals surface area contributed by atoms with Crippen molar-refractivity contribution in [1.29, 1.82) is 5.41 Å². The van der Waals surface area contributed by atoms with E-state index in [0.717, 1.165) is 5.70 Å².